The number of methoxy groups -OCH3 is 2. The number of allylic oxidation sites excluding steroid dienone is 3. The number of benzene rings is 1. The maximum Gasteiger partial charge on any atom is 0.187 e. The number of aliphatic hydroxyl groups excluding tert-OH is 1. The molecule has 2 fully saturated rings. The Hall–Kier alpha value is -2.28. The number of rotatable bonds is 5. The molecule has 1 N–H and O–H groups in total. The van der Waals surface area contributed by atoms with Crippen LogP contribution in [-0.2, 0) is 16.0 Å². The van der Waals surface area contributed by atoms with Gasteiger partial charge in [0.2, 0.25) is 0 Å². The highest BCUT2D eigenvalue weighted by Gasteiger charge is 2.58. The molecule has 3 heterocycles. The van der Waals surface area contributed by atoms with E-state index < -0.39 is 6.35 Å². The Kier molecular flexibility index (Phi) is 6.97. The summed E-state index contributed by atoms with van der Waals surface area (Å²) >= 11 is 0. The van der Waals surface area contributed by atoms with E-state index in [0.717, 1.165) is 57.1 Å². The zero-order valence-electron chi connectivity index (χ0n) is 23.8. The Labute approximate surface area is 223 Å². The number of aryl methyl sites for hydroxylation is 2. The van der Waals surface area contributed by atoms with Crippen molar-refractivity contribution < 1.29 is 14.6 Å². The van der Waals surface area contributed by atoms with Crippen LogP contribution in [0.2, 0.25) is 0 Å². The van der Waals surface area contributed by atoms with Crippen LogP contribution in [0.5, 0.6) is 0 Å². The molecule has 2 saturated heterocycles. The SMILES string of the molecule is CCN1C(O)N2CC3C=C(OC)C=C(OC)C3(C)[C@@H](C)C=C2C12CCN(Cc1cc(C)cc(C)c1)CC2. The van der Waals surface area contributed by atoms with Crippen molar-refractivity contribution in [2.75, 3.05) is 40.4 Å². The highest BCUT2D eigenvalue weighted by atomic mass is 16.5. The van der Waals surface area contributed by atoms with Crippen LogP contribution in [0.15, 0.2) is 53.6 Å². The van der Waals surface area contributed by atoms with Crippen molar-refractivity contribution >= 4 is 0 Å². The smallest absolute Gasteiger partial charge is 0.187 e. The number of aliphatic hydroxyl groups is 1. The van der Waals surface area contributed by atoms with Crippen LogP contribution in [-0.4, -0.2) is 72.1 Å². The molecular formula is C31H45N3O3. The van der Waals surface area contributed by atoms with Gasteiger partial charge in [-0.2, -0.15) is 0 Å². The minimum Gasteiger partial charge on any atom is -0.500 e. The fourth-order valence-corrected chi connectivity index (χ4v) is 7.60. The van der Waals surface area contributed by atoms with Crippen LogP contribution in [0, 0.1) is 31.1 Å². The van der Waals surface area contributed by atoms with Gasteiger partial charge in [-0.25, -0.2) is 4.90 Å². The molecule has 1 aromatic carbocycles. The van der Waals surface area contributed by atoms with Gasteiger partial charge in [0.05, 0.1) is 19.8 Å². The molecule has 6 nitrogen and oxygen atoms in total. The van der Waals surface area contributed by atoms with E-state index in [9.17, 15) is 5.11 Å². The molecule has 0 amide bonds. The molecular weight excluding hydrogens is 462 g/mol. The molecule has 37 heavy (non-hydrogen) atoms. The molecule has 4 atom stereocenters. The molecule has 0 radical (unpaired) electrons. The first-order valence-corrected chi connectivity index (χ1v) is 13.9. The van der Waals surface area contributed by atoms with Crippen molar-refractivity contribution in [3.05, 3.63) is 70.3 Å². The highest BCUT2D eigenvalue weighted by molar-refractivity contribution is 5.37. The van der Waals surface area contributed by atoms with E-state index in [0.29, 0.717) is 0 Å². The molecule has 6 heteroatoms. The maximum absolute atomic E-state index is 11.7. The molecule has 0 bridgehead atoms. The van der Waals surface area contributed by atoms with Crippen molar-refractivity contribution in [2.45, 2.75) is 65.9 Å². The molecule has 1 aromatic rings. The van der Waals surface area contributed by atoms with Gasteiger partial charge < -0.3 is 19.5 Å². The summed E-state index contributed by atoms with van der Waals surface area (Å²) in [5.74, 6) is 2.21. The van der Waals surface area contributed by atoms with E-state index in [1.165, 1.54) is 22.4 Å². The highest BCUT2D eigenvalue weighted by Crippen LogP contribution is 2.54. The van der Waals surface area contributed by atoms with E-state index >= 15 is 0 Å². The summed E-state index contributed by atoms with van der Waals surface area (Å²) in [7, 11) is 3.48. The first kappa shape index (κ1) is 26.3. The van der Waals surface area contributed by atoms with Gasteiger partial charge in [-0.15, -0.1) is 0 Å². The number of hydrogen-bond donors (Lipinski definition) is 1. The molecule has 3 unspecified atom stereocenters. The molecule has 4 aliphatic rings. The third kappa shape index (κ3) is 4.21. The Bertz CT molecular complexity index is 1100. The fraction of sp³-hybridized carbons (Fsp3) is 0.613. The molecule has 0 aromatic heterocycles. The lowest BCUT2D eigenvalue weighted by atomic mass is 9.65. The average Bonchev–Trinajstić information content (AvgIpc) is 2.98. The zero-order valence-corrected chi connectivity index (χ0v) is 23.8. The van der Waals surface area contributed by atoms with Crippen LogP contribution in [0.25, 0.3) is 0 Å². The minimum absolute atomic E-state index is 0.143. The van der Waals surface area contributed by atoms with E-state index in [1.807, 2.05) is 6.08 Å². The van der Waals surface area contributed by atoms with Gasteiger partial charge in [0.15, 0.2) is 6.35 Å². The number of hydrogen-bond acceptors (Lipinski definition) is 6. The quantitative estimate of drug-likeness (QED) is 0.619. The van der Waals surface area contributed by atoms with Crippen molar-refractivity contribution in [3.8, 4) is 0 Å². The Morgan fingerprint density at radius 3 is 2.30 bits per heavy atom. The van der Waals surface area contributed by atoms with Gasteiger partial charge in [-0.05, 0) is 44.2 Å². The molecule has 1 spiro atoms. The van der Waals surface area contributed by atoms with Gasteiger partial charge in [-0.3, -0.25) is 4.90 Å². The van der Waals surface area contributed by atoms with Crippen molar-refractivity contribution in [1.29, 1.82) is 0 Å². The van der Waals surface area contributed by atoms with E-state index in [4.69, 9.17) is 9.47 Å². The van der Waals surface area contributed by atoms with Gasteiger partial charge in [0, 0.05) is 55.8 Å². The lowest BCUT2D eigenvalue weighted by Gasteiger charge is -2.45. The Morgan fingerprint density at radius 1 is 1.03 bits per heavy atom. The van der Waals surface area contributed by atoms with E-state index in [1.54, 1.807) is 14.2 Å². The summed E-state index contributed by atoms with van der Waals surface area (Å²) in [6, 6.07) is 6.88. The number of likely N-dealkylation sites (N-methyl/N-ethyl adjacent to an activating group) is 1. The minimum atomic E-state index is -0.618. The van der Waals surface area contributed by atoms with Gasteiger partial charge in [-0.1, -0.05) is 56.2 Å². The Morgan fingerprint density at radius 2 is 1.70 bits per heavy atom. The molecule has 202 valence electrons. The summed E-state index contributed by atoms with van der Waals surface area (Å²) in [6.45, 7) is 15.8. The predicted molar refractivity (Wildman–Crippen MR) is 147 cm³/mol. The van der Waals surface area contributed by atoms with Crippen molar-refractivity contribution in [2.24, 2.45) is 17.3 Å². The molecule has 1 aliphatic carbocycles. The van der Waals surface area contributed by atoms with Crippen molar-refractivity contribution in [1.82, 2.24) is 14.7 Å². The van der Waals surface area contributed by atoms with Gasteiger partial charge in [0.1, 0.15) is 11.5 Å². The summed E-state index contributed by atoms with van der Waals surface area (Å²) in [5, 5.41) is 11.7. The molecule has 3 aliphatic heterocycles. The largest absolute Gasteiger partial charge is 0.500 e. The van der Waals surface area contributed by atoms with Crippen LogP contribution in [0.1, 0.15) is 50.3 Å². The van der Waals surface area contributed by atoms with Crippen LogP contribution < -0.4 is 0 Å². The van der Waals surface area contributed by atoms with Crippen LogP contribution in [0.3, 0.4) is 0 Å². The maximum atomic E-state index is 11.7. The number of ether oxygens (including phenoxy) is 2. The average molecular weight is 508 g/mol. The van der Waals surface area contributed by atoms with Crippen molar-refractivity contribution in [3.63, 3.8) is 0 Å². The molecule has 5 rings (SSSR count). The summed E-state index contributed by atoms with van der Waals surface area (Å²) in [4.78, 5) is 7.21. The van der Waals surface area contributed by atoms with Gasteiger partial charge in [0.25, 0.3) is 0 Å². The van der Waals surface area contributed by atoms with E-state index in [-0.39, 0.29) is 22.8 Å². The first-order chi connectivity index (χ1) is 17.7. The number of nitrogens with zero attached hydrogens (tertiary/aromatic N) is 3. The van der Waals surface area contributed by atoms with Crippen LogP contribution >= 0.6 is 0 Å². The second-order valence-electron chi connectivity index (χ2n) is 11.8. The number of piperidine rings is 1. The Balaban J connectivity index is 1.45. The topological polar surface area (TPSA) is 48.4 Å². The second-order valence-corrected chi connectivity index (χ2v) is 11.8. The summed E-state index contributed by atoms with van der Waals surface area (Å²) in [5.41, 5.74) is 5.02. The van der Waals surface area contributed by atoms with Gasteiger partial charge >= 0.3 is 0 Å². The summed E-state index contributed by atoms with van der Waals surface area (Å²) < 4.78 is 11.6. The first-order valence-electron chi connectivity index (χ1n) is 13.9. The fourth-order valence-electron chi connectivity index (χ4n) is 7.60. The summed E-state index contributed by atoms with van der Waals surface area (Å²) in [6.07, 6.45) is 8.15. The third-order valence-electron chi connectivity index (χ3n) is 9.75. The monoisotopic (exact) mass is 507 g/mol. The normalized spacial score (nSPS) is 31.7. The number of likely N-dealkylation sites (tertiary alicyclic amines) is 1. The standard InChI is InChI=1S/C31H45N3O3/c1-8-34-29(35)33-20-25-17-26(36-6)18-28(37-7)30(25,5)23(4)16-27(33)31(34)9-11-32(12-10-31)19-24-14-21(2)13-22(3)15-24/h13-18,23,25,29,35H,8-12,19-20H2,1-7H3/t23-,25?,29?,30?/m0/s1. The lowest BCUT2D eigenvalue weighted by molar-refractivity contribution is -0.0900. The number of fused-ring (bicyclic) bond motifs is 3. The lowest BCUT2D eigenvalue weighted by Crippen LogP contribution is -2.54. The van der Waals surface area contributed by atoms with E-state index in [2.05, 4.69) is 79.7 Å². The predicted octanol–water partition coefficient (Wildman–Crippen LogP) is 4.78. The van der Waals surface area contributed by atoms with Crippen LogP contribution in [0.4, 0.5) is 0 Å². The second kappa shape index (κ2) is 9.79. The third-order valence-corrected chi connectivity index (χ3v) is 9.75. The molecule has 0 saturated carbocycles. The zero-order chi connectivity index (χ0) is 26.5.